The molecule has 0 saturated heterocycles. The van der Waals surface area contributed by atoms with Crippen LogP contribution in [0.4, 0.5) is 0 Å². The van der Waals surface area contributed by atoms with Crippen LogP contribution in [0.5, 0.6) is 17.2 Å². The lowest BCUT2D eigenvalue weighted by Crippen LogP contribution is -2.18. The number of rotatable bonds is 7. The zero-order chi connectivity index (χ0) is 18.2. The number of hydrazone groups is 1. The summed E-state index contributed by atoms with van der Waals surface area (Å²) in [6, 6.07) is 10.6. The number of halogens is 1. The fourth-order valence-electron chi connectivity index (χ4n) is 2.12. The van der Waals surface area contributed by atoms with Crippen LogP contribution in [0.1, 0.15) is 22.8 Å². The first-order chi connectivity index (χ1) is 12.1. The van der Waals surface area contributed by atoms with E-state index in [1.165, 1.54) is 6.21 Å². The van der Waals surface area contributed by atoms with Gasteiger partial charge in [-0.15, -0.1) is 0 Å². The van der Waals surface area contributed by atoms with Crippen LogP contribution in [0.3, 0.4) is 0 Å². The summed E-state index contributed by atoms with van der Waals surface area (Å²) in [7, 11) is 3.13. The van der Waals surface area contributed by atoms with Crippen LogP contribution in [0.25, 0.3) is 0 Å². The topological polar surface area (TPSA) is 69.2 Å². The lowest BCUT2D eigenvalue weighted by Gasteiger charge is -2.09. The average Bonchev–Trinajstić information content (AvgIpc) is 2.63. The molecule has 7 heteroatoms. The quantitative estimate of drug-likeness (QED) is 0.562. The second kappa shape index (κ2) is 9.08. The molecule has 0 radical (unpaired) electrons. The van der Waals surface area contributed by atoms with E-state index in [-0.39, 0.29) is 5.91 Å². The molecule has 25 heavy (non-hydrogen) atoms. The minimum absolute atomic E-state index is 0.360. The van der Waals surface area contributed by atoms with Crippen LogP contribution in [-0.4, -0.2) is 32.9 Å². The Hall–Kier alpha value is -2.54. The third-order valence-electron chi connectivity index (χ3n) is 3.27. The van der Waals surface area contributed by atoms with Crippen molar-refractivity contribution in [2.75, 3.05) is 20.8 Å². The highest BCUT2D eigenvalue weighted by Crippen LogP contribution is 2.27. The molecule has 2 aromatic carbocycles. The largest absolute Gasteiger partial charge is 0.493 e. The van der Waals surface area contributed by atoms with Crippen LogP contribution >= 0.6 is 15.9 Å². The minimum Gasteiger partial charge on any atom is -0.493 e. The molecule has 0 heterocycles. The summed E-state index contributed by atoms with van der Waals surface area (Å²) in [5, 5.41) is 3.99. The Morgan fingerprint density at radius 1 is 1.12 bits per heavy atom. The fourth-order valence-corrected chi connectivity index (χ4v) is 2.48. The summed E-state index contributed by atoms with van der Waals surface area (Å²) >= 11 is 3.35. The van der Waals surface area contributed by atoms with Gasteiger partial charge in [-0.2, -0.15) is 5.10 Å². The molecule has 6 nitrogen and oxygen atoms in total. The Bertz CT molecular complexity index is 778. The maximum atomic E-state index is 12.3. The van der Waals surface area contributed by atoms with Gasteiger partial charge < -0.3 is 14.2 Å². The summed E-state index contributed by atoms with van der Waals surface area (Å²) in [5.41, 5.74) is 3.66. The number of carbonyl (C=O) groups excluding carboxylic acids is 1. The van der Waals surface area contributed by atoms with E-state index in [9.17, 15) is 4.79 Å². The second-order valence-corrected chi connectivity index (χ2v) is 5.80. The van der Waals surface area contributed by atoms with E-state index >= 15 is 0 Å². The van der Waals surface area contributed by atoms with Crippen molar-refractivity contribution in [1.29, 1.82) is 0 Å². The highest BCUT2D eigenvalue weighted by Gasteiger charge is 2.12. The van der Waals surface area contributed by atoms with Crippen molar-refractivity contribution < 1.29 is 19.0 Å². The van der Waals surface area contributed by atoms with E-state index in [2.05, 4.69) is 26.5 Å². The zero-order valence-electron chi connectivity index (χ0n) is 14.2. The summed E-state index contributed by atoms with van der Waals surface area (Å²) in [6.07, 6.45) is 1.53. The molecule has 0 aromatic heterocycles. The number of hydrogen-bond acceptors (Lipinski definition) is 5. The van der Waals surface area contributed by atoms with Crippen molar-refractivity contribution in [2.45, 2.75) is 6.92 Å². The van der Waals surface area contributed by atoms with Crippen molar-refractivity contribution in [1.82, 2.24) is 5.43 Å². The van der Waals surface area contributed by atoms with Gasteiger partial charge in [-0.05, 0) is 48.9 Å². The first kappa shape index (κ1) is 18.8. The number of amides is 1. The fraction of sp³-hybridized carbons (Fsp3) is 0.222. The van der Waals surface area contributed by atoms with Gasteiger partial charge in [0.1, 0.15) is 5.75 Å². The van der Waals surface area contributed by atoms with E-state index in [4.69, 9.17) is 14.2 Å². The van der Waals surface area contributed by atoms with Crippen LogP contribution in [-0.2, 0) is 0 Å². The monoisotopic (exact) mass is 406 g/mol. The summed E-state index contributed by atoms with van der Waals surface area (Å²) in [4.78, 5) is 12.3. The molecule has 132 valence electrons. The Kier molecular flexibility index (Phi) is 6.82. The van der Waals surface area contributed by atoms with E-state index in [0.29, 0.717) is 29.4 Å². The van der Waals surface area contributed by atoms with Crippen molar-refractivity contribution in [3.8, 4) is 17.2 Å². The predicted molar refractivity (Wildman–Crippen MR) is 99.9 cm³/mol. The van der Waals surface area contributed by atoms with Gasteiger partial charge in [0.2, 0.25) is 0 Å². The van der Waals surface area contributed by atoms with Gasteiger partial charge in [0.05, 0.1) is 32.6 Å². The van der Waals surface area contributed by atoms with Crippen molar-refractivity contribution in [3.05, 3.63) is 52.0 Å². The average molecular weight is 407 g/mol. The molecule has 0 unspecified atom stereocenters. The third kappa shape index (κ3) is 4.96. The van der Waals surface area contributed by atoms with Crippen LogP contribution in [0.15, 0.2) is 46.0 Å². The van der Waals surface area contributed by atoms with Crippen molar-refractivity contribution in [2.24, 2.45) is 5.10 Å². The van der Waals surface area contributed by atoms with Crippen molar-refractivity contribution >= 4 is 28.1 Å². The van der Waals surface area contributed by atoms with E-state index < -0.39 is 0 Å². The van der Waals surface area contributed by atoms with E-state index in [0.717, 1.165) is 10.0 Å². The first-order valence-electron chi connectivity index (χ1n) is 7.56. The standard InChI is InChI=1S/C18H19BrN2O4/c1-4-25-15-8-6-13(19)10-14(15)18(22)21-20-11-12-5-7-16(23-2)17(9-12)24-3/h5-11H,4H2,1-3H3,(H,21,22)/b20-11+. The van der Waals surface area contributed by atoms with Crippen LogP contribution < -0.4 is 19.6 Å². The van der Waals surface area contributed by atoms with Gasteiger partial charge in [-0.3, -0.25) is 4.79 Å². The normalized spacial score (nSPS) is 10.6. The molecule has 2 rings (SSSR count). The van der Waals surface area contributed by atoms with Gasteiger partial charge >= 0.3 is 0 Å². The molecule has 1 N–H and O–H groups in total. The Morgan fingerprint density at radius 3 is 2.52 bits per heavy atom. The molecule has 0 aliphatic rings. The summed E-state index contributed by atoms with van der Waals surface area (Å²) < 4.78 is 16.7. The molecule has 0 aliphatic carbocycles. The molecule has 0 saturated carbocycles. The number of methoxy groups -OCH3 is 2. The van der Waals surface area contributed by atoms with Crippen molar-refractivity contribution in [3.63, 3.8) is 0 Å². The number of ether oxygens (including phenoxy) is 3. The highest BCUT2D eigenvalue weighted by atomic mass is 79.9. The van der Waals surface area contributed by atoms with E-state index in [1.807, 2.05) is 19.1 Å². The van der Waals surface area contributed by atoms with Gasteiger partial charge in [0.25, 0.3) is 5.91 Å². The number of nitrogens with zero attached hydrogens (tertiary/aromatic N) is 1. The van der Waals surface area contributed by atoms with Gasteiger partial charge in [-0.1, -0.05) is 15.9 Å². The maximum absolute atomic E-state index is 12.3. The highest BCUT2D eigenvalue weighted by molar-refractivity contribution is 9.10. The number of benzene rings is 2. The summed E-state index contributed by atoms with van der Waals surface area (Å²) in [6.45, 7) is 2.33. The Labute approximate surface area is 154 Å². The van der Waals surface area contributed by atoms with Crippen LogP contribution in [0, 0.1) is 0 Å². The molecule has 1 amide bonds. The molecule has 0 spiro atoms. The minimum atomic E-state index is -0.360. The molecular formula is C18H19BrN2O4. The van der Waals surface area contributed by atoms with Gasteiger partial charge in [-0.25, -0.2) is 5.43 Å². The maximum Gasteiger partial charge on any atom is 0.275 e. The number of hydrogen-bond donors (Lipinski definition) is 1. The Balaban J connectivity index is 2.12. The molecule has 0 bridgehead atoms. The lowest BCUT2D eigenvalue weighted by molar-refractivity contribution is 0.0951. The number of carbonyl (C=O) groups is 1. The molecule has 0 atom stereocenters. The van der Waals surface area contributed by atoms with E-state index in [1.54, 1.807) is 38.5 Å². The zero-order valence-corrected chi connectivity index (χ0v) is 15.8. The molecule has 0 aliphatic heterocycles. The predicted octanol–water partition coefficient (Wildman–Crippen LogP) is 3.63. The lowest BCUT2D eigenvalue weighted by atomic mass is 10.2. The third-order valence-corrected chi connectivity index (χ3v) is 3.77. The SMILES string of the molecule is CCOc1ccc(Br)cc1C(=O)N/N=C/c1ccc(OC)c(OC)c1. The number of nitrogens with one attached hydrogen (secondary N) is 1. The Morgan fingerprint density at radius 2 is 1.84 bits per heavy atom. The molecule has 2 aromatic rings. The van der Waals surface area contributed by atoms with Gasteiger partial charge in [0, 0.05) is 4.47 Å². The van der Waals surface area contributed by atoms with Gasteiger partial charge in [0.15, 0.2) is 11.5 Å². The molecule has 0 fully saturated rings. The van der Waals surface area contributed by atoms with Crippen LogP contribution in [0.2, 0.25) is 0 Å². The summed E-state index contributed by atoms with van der Waals surface area (Å²) in [5.74, 6) is 1.36. The molecular weight excluding hydrogens is 388 g/mol. The first-order valence-corrected chi connectivity index (χ1v) is 8.36. The smallest absolute Gasteiger partial charge is 0.275 e. The second-order valence-electron chi connectivity index (χ2n) is 4.89.